The molecule has 2 aliphatic rings. The number of rotatable bonds is 6. The van der Waals surface area contributed by atoms with E-state index in [4.69, 9.17) is 25.5 Å². The maximum atomic E-state index is 12.8. The number of imide groups is 1. The molecule has 2 aliphatic heterocycles. The number of thioether (sulfide) groups is 1. The Labute approximate surface area is 218 Å². The van der Waals surface area contributed by atoms with Crippen molar-refractivity contribution in [2.24, 2.45) is 0 Å². The first-order chi connectivity index (χ1) is 17.8. The lowest BCUT2D eigenvalue weighted by molar-refractivity contribution is -0.127. The number of ether oxygens (including phenoxy) is 2. The summed E-state index contributed by atoms with van der Waals surface area (Å²) in [6.45, 7) is 0.361. The maximum absolute atomic E-state index is 12.8. The van der Waals surface area contributed by atoms with Gasteiger partial charge >= 0.3 is 5.97 Å². The van der Waals surface area contributed by atoms with Crippen molar-refractivity contribution in [1.82, 2.24) is 4.90 Å². The first-order valence-electron chi connectivity index (χ1n) is 10.9. The van der Waals surface area contributed by atoms with Crippen molar-refractivity contribution < 1.29 is 38.2 Å². The number of nitrogens with zero attached hydrogens (tertiary/aromatic N) is 1. The minimum Gasteiger partial charge on any atom is -0.486 e. The molecule has 3 aromatic rings. The van der Waals surface area contributed by atoms with Crippen molar-refractivity contribution in [2.45, 2.75) is 0 Å². The van der Waals surface area contributed by atoms with Crippen LogP contribution in [-0.2, 0) is 9.59 Å². The summed E-state index contributed by atoms with van der Waals surface area (Å²) in [6.07, 6.45) is 1.38. The summed E-state index contributed by atoms with van der Waals surface area (Å²) < 4.78 is 16.7. The van der Waals surface area contributed by atoms with Crippen LogP contribution in [0.15, 0.2) is 57.9 Å². The number of amides is 3. The van der Waals surface area contributed by atoms with Crippen molar-refractivity contribution in [3.63, 3.8) is 0 Å². The summed E-state index contributed by atoms with van der Waals surface area (Å²) in [5.74, 6) is -0.721. The first kappa shape index (κ1) is 24.5. The molecule has 3 amide bonds. The van der Waals surface area contributed by atoms with Crippen molar-refractivity contribution >= 4 is 58.1 Å². The highest BCUT2D eigenvalue weighted by molar-refractivity contribution is 8.18. The summed E-state index contributed by atoms with van der Waals surface area (Å²) in [6, 6.07) is 12.2. The van der Waals surface area contributed by atoms with E-state index in [0.717, 1.165) is 4.90 Å². The molecule has 0 atom stereocenters. The van der Waals surface area contributed by atoms with Crippen LogP contribution in [0.5, 0.6) is 11.5 Å². The number of halogens is 1. The maximum Gasteiger partial charge on any atom is 0.335 e. The highest BCUT2D eigenvalue weighted by Gasteiger charge is 2.36. The molecule has 2 N–H and O–H groups in total. The summed E-state index contributed by atoms with van der Waals surface area (Å²) in [5, 5.41) is 11.5. The second-order valence-corrected chi connectivity index (χ2v) is 9.28. The van der Waals surface area contributed by atoms with Crippen molar-refractivity contribution in [1.29, 1.82) is 0 Å². The smallest absolute Gasteiger partial charge is 0.335 e. The minimum absolute atomic E-state index is 0.0352. The number of carbonyl (C=O) groups excluding carboxylic acids is 3. The molecule has 1 saturated heterocycles. The lowest BCUT2D eigenvalue weighted by Gasteiger charge is -2.19. The Morgan fingerprint density at radius 3 is 2.62 bits per heavy atom. The van der Waals surface area contributed by atoms with Crippen molar-refractivity contribution in [2.75, 3.05) is 25.1 Å². The summed E-state index contributed by atoms with van der Waals surface area (Å²) >= 11 is 6.87. The summed E-state index contributed by atoms with van der Waals surface area (Å²) in [4.78, 5) is 50.0. The minimum atomic E-state index is -1.11. The Balaban J connectivity index is 1.27. The molecule has 3 heterocycles. The highest BCUT2D eigenvalue weighted by Crippen LogP contribution is 2.35. The lowest BCUT2D eigenvalue weighted by atomic mass is 10.1. The molecule has 10 nitrogen and oxygen atoms in total. The number of fused-ring (bicyclic) bond motifs is 1. The van der Waals surface area contributed by atoms with E-state index in [9.17, 15) is 24.3 Å². The van der Waals surface area contributed by atoms with Crippen LogP contribution >= 0.6 is 23.4 Å². The fourth-order valence-corrected chi connectivity index (χ4v) is 4.68. The number of aromatic carboxylic acids is 1. The Kier molecular flexibility index (Phi) is 6.64. The third-order valence-corrected chi connectivity index (χ3v) is 6.62. The summed E-state index contributed by atoms with van der Waals surface area (Å²) in [7, 11) is 0. The van der Waals surface area contributed by atoms with E-state index in [1.807, 2.05) is 0 Å². The Hall–Kier alpha value is -4.22. The number of anilines is 1. The van der Waals surface area contributed by atoms with Crippen LogP contribution in [-0.4, -0.2) is 52.8 Å². The standard InChI is InChI=1S/C25H17ClN2O8S/c26-17-4-1-13(24(31)32)9-16(17)18-6-3-15(36-18)11-21-23(30)28(25(33)37-21)12-22(29)27-14-2-5-19-20(10-14)35-8-7-34-19/h1-6,9-11H,7-8,12H2,(H,27,29)(H,31,32)/b21-11-. The van der Waals surface area contributed by atoms with E-state index < -0.39 is 29.6 Å². The molecule has 0 saturated carbocycles. The normalized spacial score (nSPS) is 15.8. The van der Waals surface area contributed by atoms with Crippen LogP contribution in [0, 0.1) is 0 Å². The number of carboxylic acids is 1. The van der Waals surface area contributed by atoms with Gasteiger partial charge in [-0.2, -0.15) is 0 Å². The van der Waals surface area contributed by atoms with Crippen molar-refractivity contribution in [3.8, 4) is 22.8 Å². The number of furan rings is 1. The molecule has 37 heavy (non-hydrogen) atoms. The number of carbonyl (C=O) groups is 4. The van der Waals surface area contributed by atoms with Crippen LogP contribution in [0.3, 0.4) is 0 Å². The molecule has 12 heteroatoms. The predicted octanol–water partition coefficient (Wildman–Crippen LogP) is 4.74. The number of hydrogen-bond donors (Lipinski definition) is 2. The fourth-order valence-electron chi connectivity index (χ4n) is 3.65. The average molecular weight is 541 g/mol. The van der Waals surface area contributed by atoms with Gasteiger partial charge in [-0.15, -0.1) is 0 Å². The number of carboxylic acid groups (broad SMARTS) is 1. The third kappa shape index (κ3) is 5.18. The van der Waals surface area contributed by atoms with E-state index in [2.05, 4.69) is 5.32 Å². The van der Waals surface area contributed by atoms with Crippen LogP contribution in [0.4, 0.5) is 10.5 Å². The van der Waals surface area contributed by atoms with E-state index in [1.54, 1.807) is 30.3 Å². The second kappa shape index (κ2) is 10.0. The van der Waals surface area contributed by atoms with Crippen LogP contribution < -0.4 is 14.8 Å². The van der Waals surface area contributed by atoms with Gasteiger partial charge in [-0.25, -0.2) is 4.79 Å². The van der Waals surface area contributed by atoms with Crippen molar-refractivity contribution in [3.05, 3.63) is 69.8 Å². The summed E-state index contributed by atoms with van der Waals surface area (Å²) in [5.41, 5.74) is 0.837. The first-order valence-corrected chi connectivity index (χ1v) is 12.1. The number of benzene rings is 2. The van der Waals surface area contributed by atoms with Gasteiger partial charge in [-0.1, -0.05) is 11.6 Å². The zero-order valence-corrected chi connectivity index (χ0v) is 20.4. The van der Waals surface area contributed by atoms with Crippen LogP contribution in [0.1, 0.15) is 16.1 Å². The topological polar surface area (TPSA) is 135 Å². The van der Waals surface area contributed by atoms with Gasteiger partial charge in [-0.05, 0) is 54.2 Å². The predicted molar refractivity (Wildman–Crippen MR) is 135 cm³/mol. The van der Waals surface area contributed by atoms with Gasteiger partial charge in [0.05, 0.1) is 15.5 Å². The molecule has 0 radical (unpaired) electrons. The molecule has 1 aromatic heterocycles. The molecule has 0 bridgehead atoms. The monoisotopic (exact) mass is 540 g/mol. The van der Waals surface area contributed by atoms with Crippen LogP contribution in [0.2, 0.25) is 5.02 Å². The van der Waals surface area contributed by atoms with Gasteiger partial charge in [0.25, 0.3) is 11.1 Å². The SMILES string of the molecule is O=C(CN1C(=O)S/C(=C\c2ccc(-c3cc(C(=O)O)ccc3Cl)o2)C1=O)Nc1ccc2c(c1)OCCO2. The average Bonchev–Trinajstić information content (AvgIpc) is 3.44. The largest absolute Gasteiger partial charge is 0.486 e. The van der Waals surface area contributed by atoms with E-state index >= 15 is 0 Å². The number of hydrogen-bond acceptors (Lipinski definition) is 8. The molecule has 188 valence electrons. The molecular weight excluding hydrogens is 524 g/mol. The van der Waals surface area contributed by atoms with Crippen LogP contribution in [0.25, 0.3) is 17.4 Å². The molecule has 2 aromatic carbocycles. The van der Waals surface area contributed by atoms with E-state index in [-0.39, 0.29) is 27.0 Å². The van der Waals surface area contributed by atoms with E-state index in [1.165, 1.54) is 24.3 Å². The lowest BCUT2D eigenvalue weighted by Crippen LogP contribution is -2.36. The number of nitrogens with one attached hydrogen (secondary N) is 1. The Bertz CT molecular complexity index is 1480. The molecule has 0 spiro atoms. The molecule has 0 unspecified atom stereocenters. The van der Waals surface area contributed by atoms with Gasteiger partial charge in [0.2, 0.25) is 5.91 Å². The van der Waals surface area contributed by atoms with Gasteiger partial charge in [-0.3, -0.25) is 19.3 Å². The van der Waals surface area contributed by atoms with Gasteiger partial charge in [0, 0.05) is 23.4 Å². The third-order valence-electron chi connectivity index (χ3n) is 5.38. The zero-order valence-electron chi connectivity index (χ0n) is 18.9. The zero-order chi connectivity index (χ0) is 26.1. The molecule has 1 fully saturated rings. The quantitative estimate of drug-likeness (QED) is 0.425. The second-order valence-electron chi connectivity index (χ2n) is 7.88. The Morgan fingerprint density at radius 2 is 1.84 bits per heavy atom. The van der Waals surface area contributed by atoms with E-state index in [0.29, 0.717) is 47.7 Å². The van der Waals surface area contributed by atoms with Gasteiger partial charge in [0.15, 0.2) is 11.5 Å². The van der Waals surface area contributed by atoms with Gasteiger partial charge < -0.3 is 24.3 Å². The molecular formula is C25H17ClN2O8S. The highest BCUT2D eigenvalue weighted by atomic mass is 35.5. The molecule has 0 aliphatic carbocycles. The fraction of sp³-hybridized carbons (Fsp3) is 0.120. The Morgan fingerprint density at radius 1 is 1.05 bits per heavy atom. The van der Waals surface area contributed by atoms with Gasteiger partial charge in [0.1, 0.15) is 31.3 Å². The molecule has 5 rings (SSSR count).